The summed E-state index contributed by atoms with van der Waals surface area (Å²) in [6.45, 7) is 2.15. The highest BCUT2D eigenvalue weighted by molar-refractivity contribution is 5.43. The largest absolute Gasteiger partial charge is 0.257 e. The predicted molar refractivity (Wildman–Crippen MR) is 61.9 cm³/mol. The maximum absolute atomic E-state index is 4.21. The summed E-state index contributed by atoms with van der Waals surface area (Å²) in [4.78, 5) is 4.21. The standard InChI is InChI=1S/C13H17N/c1-2-3-4-5-6-7-10-13-11-8-9-12-14-13/h3-4,7-12H,2,5-6H2,1H3/b4-3-,10-7+. The molecule has 0 saturated heterocycles. The van der Waals surface area contributed by atoms with Crippen molar-refractivity contribution in [3.63, 3.8) is 0 Å². The zero-order valence-corrected chi connectivity index (χ0v) is 8.69. The molecule has 1 aromatic heterocycles. The van der Waals surface area contributed by atoms with E-state index in [-0.39, 0.29) is 0 Å². The molecule has 0 bridgehead atoms. The maximum Gasteiger partial charge on any atom is 0.0626 e. The average molecular weight is 187 g/mol. The molecule has 0 atom stereocenters. The minimum Gasteiger partial charge on any atom is -0.257 e. The molecule has 0 fully saturated rings. The van der Waals surface area contributed by atoms with Gasteiger partial charge >= 0.3 is 0 Å². The Morgan fingerprint density at radius 2 is 2.00 bits per heavy atom. The fourth-order valence-electron chi connectivity index (χ4n) is 1.16. The smallest absolute Gasteiger partial charge is 0.0626 e. The number of hydrogen-bond acceptors (Lipinski definition) is 1. The summed E-state index contributed by atoms with van der Waals surface area (Å²) in [6, 6.07) is 5.95. The first-order valence-electron chi connectivity index (χ1n) is 5.16. The van der Waals surface area contributed by atoms with Gasteiger partial charge in [0.2, 0.25) is 0 Å². The molecule has 0 spiro atoms. The lowest BCUT2D eigenvalue weighted by Gasteiger charge is -1.90. The van der Waals surface area contributed by atoms with Crippen LogP contribution in [0.15, 0.2) is 42.6 Å². The zero-order valence-electron chi connectivity index (χ0n) is 8.69. The van der Waals surface area contributed by atoms with Crippen LogP contribution < -0.4 is 0 Å². The van der Waals surface area contributed by atoms with E-state index in [0.29, 0.717) is 0 Å². The number of unbranched alkanes of at least 4 members (excludes halogenated alkanes) is 1. The van der Waals surface area contributed by atoms with Gasteiger partial charge in [-0.2, -0.15) is 0 Å². The summed E-state index contributed by atoms with van der Waals surface area (Å²) in [5, 5.41) is 0. The molecule has 0 N–H and O–H groups in total. The lowest BCUT2D eigenvalue weighted by molar-refractivity contribution is 1.04. The highest BCUT2D eigenvalue weighted by Gasteiger charge is 1.82. The average Bonchev–Trinajstić information content (AvgIpc) is 2.25. The first kappa shape index (κ1) is 10.7. The number of rotatable bonds is 5. The third-order valence-electron chi connectivity index (χ3n) is 1.88. The topological polar surface area (TPSA) is 12.9 Å². The van der Waals surface area contributed by atoms with Gasteiger partial charge in [-0.3, -0.25) is 4.98 Å². The molecule has 74 valence electrons. The van der Waals surface area contributed by atoms with Crippen LogP contribution >= 0.6 is 0 Å². The highest BCUT2D eigenvalue weighted by atomic mass is 14.6. The van der Waals surface area contributed by atoms with Crippen molar-refractivity contribution >= 4 is 6.08 Å². The number of nitrogens with zero attached hydrogens (tertiary/aromatic N) is 1. The molecule has 0 unspecified atom stereocenters. The molecule has 0 aliphatic rings. The van der Waals surface area contributed by atoms with E-state index >= 15 is 0 Å². The summed E-state index contributed by atoms with van der Waals surface area (Å²) in [6.07, 6.45) is 13.8. The van der Waals surface area contributed by atoms with Gasteiger partial charge in [0.15, 0.2) is 0 Å². The second kappa shape index (κ2) is 7.07. The second-order valence-electron chi connectivity index (χ2n) is 3.11. The van der Waals surface area contributed by atoms with Crippen LogP contribution in [-0.4, -0.2) is 4.98 Å². The third-order valence-corrected chi connectivity index (χ3v) is 1.88. The van der Waals surface area contributed by atoms with Crippen molar-refractivity contribution in [2.75, 3.05) is 0 Å². The SMILES string of the molecule is CC/C=C\CC/C=C/c1ccccn1. The first-order valence-corrected chi connectivity index (χ1v) is 5.16. The summed E-state index contributed by atoms with van der Waals surface area (Å²) >= 11 is 0. The Morgan fingerprint density at radius 1 is 1.14 bits per heavy atom. The van der Waals surface area contributed by atoms with Gasteiger partial charge in [-0.15, -0.1) is 0 Å². The third kappa shape index (κ3) is 4.61. The Morgan fingerprint density at radius 3 is 2.71 bits per heavy atom. The number of aromatic nitrogens is 1. The van der Waals surface area contributed by atoms with Crippen LogP contribution in [0.5, 0.6) is 0 Å². The van der Waals surface area contributed by atoms with Crippen LogP contribution in [0, 0.1) is 0 Å². The molecule has 1 heteroatoms. The first-order chi connectivity index (χ1) is 6.93. The van der Waals surface area contributed by atoms with Gasteiger partial charge < -0.3 is 0 Å². The summed E-state index contributed by atoms with van der Waals surface area (Å²) in [7, 11) is 0. The van der Waals surface area contributed by atoms with E-state index in [2.05, 4.69) is 36.2 Å². The van der Waals surface area contributed by atoms with Crippen molar-refractivity contribution < 1.29 is 0 Å². The van der Waals surface area contributed by atoms with E-state index in [9.17, 15) is 0 Å². The molecule has 0 aliphatic carbocycles. The lowest BCUT2D eigenvalue weighted by Crippen LogP contribution is -1.76. The summed E-state index contributed by atoms with van der Waals surface area (Å²) in [5.74, 6) is 0. The zero-order chi connectivity index (χ0) is 10.1. The number of allylic oxidation sites excluding steroid dienone is 3. The van der Waals surface area contributed by atoms with Gasteiger partial charge in [0, 0.05) is 6.20 Å². The summed E-state index contributed by atoms with van der Waals surface area (Å²) < 4.78 is 0. The van der Waals surface area contributed by atoms with Crippen LogP contribution in [0.2, 0.25) is 0 Å². The minimum absolute atomic E-state index is 1.03. The molecular formula is C13H17N. The van der Waals surface area contributed by atoms with E-state index in [1.54, 1.807) is 0 Å². The Balaban J connectivity index is 2.25. The quantitative estimate of drug-likeness (QED) is 0.504. The lowest BCUT2D eigenvalue weighted by atomic mass is 10.2. The fourth-order valence-corrected chi connectivity index (χ4v) is 1.16. The Labute approximate surface area is 86.2 Å². The van der Waals surface area contributed by atoms with Crippen LogP contribution in [0.4, 0.5) is 0 Å². The van der Waals surface area contributed by atoms with Crippen LogP contribution in [-0.2, 0) is 0 Å². The molecule has 0 aromatic carbocycles. The van der Waals surface area contributed by atoms with Crippen molar-refractivity contribution in [3.8, 4) is 0 Å². The Kier molecular flexibility index (Phi) is 5.41. The van der Waals surface area contributed by atoms with E-state index in [1.807, 2.05) is 24.4 Å². The number of pyridine rings is 1. The van der Waals surface area contributed by atoms with Gasteiger partial charge in [0.25, 0.3) is 0 Å². The maximum atomic E-state index is 4.21. The van der Waals surface area contributed by atoms with Crippen molar-refractivity contribution in [1.29, 1.82) is 0 Å². The molecule has 0 radical (unpaired) electrons. The van der Waals surface area contributed by atoms with E-state index in [1.165, 1.54) is 0 Å². The van der Waals surface area contributed by atoms with E-state index in [4.69, 9.17) is 0 Å². The van der Waals surface area contributed by atoms with Crippen LogP contribution in [0.25, 0.3) is 6.08 Å². The number of hydrogen-bond donors (Lipinski definition) is 0. The van der Waals surface area contributed by atoms with E-state index in [0.717, 1.165) is 25.0 Å². The van der Waals surface area contributed by atoms with Gasteiger partial charge in [-0.05, 0) is 37.5 Å². The van der Waals surface area contributed by atoms with Crippen molar-refractivity contribution in [1.82, 2.24) is 4.98 Å². The summed E-state index contributed by atoms with van der Waals surface area (Å²) in [5.41, 5.74) is 1.03. The van der Waals surface area contributed by atoms with Gasteiger partial charge in [0.05, 0.1) is 5.69 Å². The minimum atomic E-state index is 1.03. The monoisotopic (exact) mass is 187 g/mol. The molecule has 0 aliphatic heterocycles. The van der Waals surface area contributed by atoms with Crippen molar-refractivity contribution in [3.05, 3.63) is 48.3 Å². The van der Waals surface area contributed by atoms with Gasteiger partial charge in [-0.1, -0.05) is 31.2 Å². The Bertz CT molecular complexity index is 285. The predicted octanol–water partition coefficient (Wildman–Crippen LogP) is 3.84. The fraction of sp³-hybridized carbons (Fsp3) is 0.308. The van der Waals surface area contributed by atoms with E-state index < -0.39 is 0 Å². The second-order valence-corrected chi connectivity index (χ2v) is 3.11. The van der Waals surface area contributed by atoms with Crippen molar-refractivity contribution in [2.45, 2.75) is 26.2 Å². The molecule has 0 amide bonds. The van der Waals surface area contributed by atoms with Gasteiger partial charge in [0.1, 0.15) is 0 Å². The highest BCUT2D eigenvalue weighted by Crippen LogP contribution is 2.00. The normalized spacial score (nSPS) is 11.5. The molecule has 1 nitrogen and oxygen atoms in total. The molecule has 14 heavy (non-hydrogen) atoms. The molecule has 0 saturated carbocycles. The Hall–Kier alpha value is -1.37. The van der Waals surface area contributed by atoms with Gasteiger partial charge in [-0.25, -0.2) is 0 Å². The van der Waals surface area contributed by atoms with Crippen LogP contribution in [0.1, 0.15) is 31.9 Å². The molecule has 1 heterocycles. The molecule has 1 rings (SSSR count). The van der Waals surface area contributed by atoms with Crippen molar-refractivity contribution in [2.24, 2.45) is 0 Å². The molecule has 1 aromatic rings. The van der Waals surface area contributed by atoms with Crippen LogP contribution in [0.3, 0.4) is 0 Å². The molecular weight excluding hydrogens is 170 g/mol.